The average Bonchev–Trinajstić information content (AvgIpc) is 2.95. The van der Waals surface area contributed by atoms with E-state index in [1.165, 1.54) is 0 Å². The monoisotopic (exact) mass is 349 g/mol. The van der Waals surface area contributed by atoms with Gasteiger partial charge in [-0.15, -0.1) is 0 Å². The maximum atomic E-state index is 13.3. The van der Waals surface area contributed by atoms with Gasteiger partial charge in [0.2, 0.25) is 0 Å². The minimum atomic E-state index is -0.0568. The number of para-hydroxylation sites is 2. The van der Waals surface area contributed by atoms with E-state index in [4.69, 9.17) is 4.98 Å². The highest BCUT2D eigenvalue weighted by atomic mass is 32.2. The van der Waals surface area contributed by atoms with Gasteiger partial charge in [0.15, 0.2) is 5.16 Å². The van der Waals surface area contributed by atoms with E-state index >= 15 is 0 Å². The zero-order valence-corrected chi connectivity index (χ0v) is 15.2. The van der Waals surface area contributed by atoms with E-state index in [0.717, 1.165) is 32.8 Å². The molecule has 2 heterocycles. The van der Waals surface area contributed by atoms with E-state index in [1.807, 2.05) is 55.5 Å². The highest BCUT2D eigenvalue weighted by Crippen LogP contribution is 2.28. The lowest BCUT2D eigenvalue weighted by molar-refractivity contribution is 0.810. The van der Waals surface area contributed by atoms with Crippen LogP contribution in [0.4, 0.5) is 0 Å². The topological polar surface area (TPSA) is 50.7 Å². The molecule has 0 aliphatic rings. The summed E-state index contributed by atoms with van der Waals surface area (Å²) in [5, 5.41) is 2.04. The second-order valence-corrected chi connectivity index (χ2v) is 7.93. The van der Waals surface area contributed by atoms with Gasteiger partial charge in [-0.3, -0.25) is 9.36 Å². The molecule has 126 valence electrons. The minimum absolute atomic E-state index is 0.0568. The summed E-state index contributed by atoms with van der Waals surface area (Å²) in [4.78, 5) is 21.5. The smallest absolute Gasteiger partial charge is 0.283 e. The van der Waals surface area contributed by atoms with Gasteiger partial charge in [-0.25, -0.2) is 4.98 Å². The molecule has 4 aromatic rings. The van der Waals surface area contributed by atoms with Crippen LogP contribution in [-0.2, 0) is 0 Å². The zero-order chi connectivity index (χ0) is 17.6. The molecule has 0 saturated heterocycles. The number of nitrogens with zero attached hydrogens (tertiary/aromatic N) is 2. The van der Waals surface area contributed by atoms with Crippen LogP contribution in [0.5, 0.6) is 0 Å². The Hall–Kier alpha value is -2.53. The lowest BCUT2D eigenvalue weighted by Crippen LogP contribution is -2.23. The largest absolute Gasteiger partial charge is 0.349 e. The van der Waals surface area contributed by atoms with Crippen molar-refractivity contribution in [2.24, 2.45) is 0 Å². The number of aromatic nitrogens is 3. The molecule has 0 unspecified atom stereocenters. The summed E-state index contributed by atoms with van der Waals surface area (Å²) < 4.78 is 1.73. The number of hydrogen-bond acceptors (Lipinski definition) is 3. The zero-order valence-electron chi connectivity index (χ0n) is 14.4. The Morgan fingerprint density at radius 3 is 2.56 bits per heavy atom. The van der Waals surface area contributed by atoms with E-state index in [-0.39, 0.29) is 5.56 Å². The molecule has 5 heteroatoms. The first-order valence-electron chi connectivity index (χ1n) is 8.32. The number of thioether (sulfide) groups is 1. The molecular weight excluding hydrogens is 330 g/mol. The van der Waals surface area contributed by atoms with Gasteiger partial charge in [0.05, 0.1) is 5.69 Å². The van der Waals surface area contributed by atoms with Gasteiger partial charge in [0.25, 0.3) is 5.56 Å². The van der Waals surface area contributed by atoms with E-state index in [2.05, 4.69) is 18.8 Å². The maximum Gasteiger partial charge on any atom is 0.283 e. The molecule has 2 aromatic heterocycles. The molecular formula is C20H19N3OS. The molecule has 0 bridgehead atoms. The highest BCUT2D eigenvalue weighted by molar-refractivity contribution is 7.99. The fraction of sp³-hybridized carbons (Fsp3) is 0.200. The number of fused-ring (bicyclic) bond motifs is 3. The standard InChI is InChI=1S/C20H19N3OS/c1-12(2)25-20-22-17-14-9-5-6-10-15(14)21-18(17)19(24)23(20)16-11-7-4-8-13(16)3/h4-12,21H,1-3H3. The van der Waals surface area contributed by atoms with Crippen molar-refractivity contribution in [3.8, 4) is 5.69 Å². The average molecular weight is 349 g/mol. The van der Waals surface area contributed by atoms with Crippen molar-refractivity contribution in [3.63, 3.8) is 0 Å². The van der Waals surface area contributed by atoms with Gasteiger partial charge in [-0.2, -0.15) is 0 Å². The first kappa shape index (κ1) is 16.0. The van der Waals surface area contributed by atoms with Gasteiger partial charge in [-0.1, -0.05) is 62.0 Å². The summed E-state index contributed by atoms with van der Waals surface area (Å²) in [5.41, 5.74) is 4.10. The van der Waals surface area contributed by atoms with Gasteiger partial charge >= 0.3 is 0 Å². The molecule has 0 aliphatic carbocycles. The predicted molar refractivity (Wildman–Crippen MR) is 105 cm³/mol. The Balaban J connectivity index is 2.13. The normalized spacial score (nSPS) is 11.7. The van der Waals surface area contributed by atoms with Gasteiger partial charge < -0.3 is 4.98 Å². The van der Waals surface area contributed by atoms with E-state index in [0.29, 0.717) is 10.8 Å². The van der Waals surface area contributed by atoms with Crippen LogP contribution in [0.3, 0.4) is 0 Å². The third-order valence-corrected chi connectivity index (χ3v) is 5.15. The summed E-state index contributed by atoms with van der Waals surface area (Å²) in [7, 11) is 0. The summed E-state index contributed by atoms with van der Waals surface area (Å²) in [6.45, 7) is 6.23. The SMILES string of the molecule is Cc1ccccc1-n1c(SC(C)C)nc2c([nH]c3ccccc32)c1=O. The molecule has 4 nitrogen and oxygen atoms in total. The number of nitrogens with one attached hydrogen (secondary N) is 1. The van der Waals surface area contributed by atoms with Crippen LogP contribution >= 0.6 is 11.8 Å². The summed E-state index contributed by atoms with van der Waals surface area (Å²) >= 11 is 1.61. The van der Waals surface area contributed by atoms with Crippen molar-refractivity contribution >= 4 is 33.7 Å². The van der Waals surface area contributed by atoms with Gasteiger partial charge in [0.1, 0.15) is 11.0 Å². The van der Waals surface area contributed by atoms with Crippen LogP contribution < -0.4 is 5.56 Å². The Bertz CT molecular complexity index is 1140. The molecule has 2 aromatic carbocycles. The molecule has 0 aliphatic heterocycles. The fourth-order valence-corrected chi connectivity index (χ4v) is 3.91. The van der Waals surface area contributed by atoms with Crippen LogP contribution in [0.25, 0.3) is 27.6 Å². The van der Waals surface area contributed by atoms with E-state index in [9.17, 15) is 4.79 Å². The third-order valence-electron chi connectivity index (χ3n) is 4.19. The first-order valence-corrected chi connectivity index (χ1v) is 9.20. The van der Waals surface area contributed by atoms with E-state index in [1.54, 1.807) is 16.3 Å². The second-order valence-electron chi connectivity index (χ2n) is 6.38. The number of aryl methyl sites for hydroxylation is 1. The Morgan fingerprint density at radius 2 is 1.80 bits per heavy atom. The molecule has 25 heavy (non-hydrogen) atoms. The molecule has 0 radical (unpaired) electrons. The Labute approximate surface area is 149 Å². The number of aromatic amines is 1. The molecule has 0 spiro atoms. The lowest BCUT2D eigenvalue weighted by Gasteiger charge is -2.15. The number of rotatable bonds is 3. The molecule has 1 N–H and O–H groups in total. The molecule has 0 fully saturated rings. The number of benzene rings is 2. The fourth-order valence-electron chi connectivity index (χ4n) is 3.06. The molecule has 0 amide bonds. The van der Waals surface area contributed by atoms with Crippen molar-refractivity contribution in [2.45, 2.75) is 31.2 Å². The number of hydrogen-bond donors (Lipinski definition) is 1. The van der Waals surface area contributed by atoms with Crippen molar-refractivity contribution in [2.75, 3.05) is 0 Å². The van der Waals surface area contributed by atoms with Crippen molar-refractivity contribution < 1.29 is 0 Å². The first-order chi connectivity index (χ1) is 12.1. The third kappa shape index (κ3) is 2.65. The van der Waals surface area contributed by atoms with Crippen LogP contribution in [0.15, 0.2) is 58.5 Å². The number of H-pyrrole nitrogens is 1. The van der Waals surface area contributed by atoms with Crippen molar-refractivity contribution in [1.29, 1.82) is 0 Å². The Morgan fingerprint density at radius 1 is 1.08 bits per heavy atom. The van der Waals surface area contributed by atoms with Gasteiger partial charge in [-0.05, 0) is 24.6 Å². The van der Waals surface area contributed by atoms with Crippen molar-refractivity contribution in [1.82, 2.24) is 14.5 Å². The van der Waals surface area contributed by atoms with Crippen LogP contribution in [0, 0.1) is 6.92 Å². The van der Waals surface area contributed by atoms with E-state index < -0.39 is 0 Å². The lowest BCUT2D eigenvalue weighted by atomic mass is 10.2. The summed E-state index contributed by atoms with van der Waals surface area (Å²) in [5.74, 6) is 0. The molecule has 0 saturated carbocycles. The Kier molecular flexibility index (Phi) is 3.88. The van der Waals surface area contributed by atoms with Crippen molar-refractivity contribution in [3.05, 3.63) is 64.4 Å². The predicted octanol–water partition coefficient (Wildman–Crippen LogP) is 4.68. The van der Waals surface area contributed by atoms with Crippen LogP contribution in [-0.4, -0.2) is 19.8 Å². The summed E-state index contributed by atoms with van der Waals surface area (Å²) in [6.07, 6.45) is 0. The van der Waals surface area contributed by atoms with Crippen LogP contribution in [0.2, 0.25) is 0 Å². The molecule has 0 atom stereocenters. The quantitative estimate of drug-likeness (QED) is 0.432. The molecule has 4 rings (SSSR count). The maximum absolute atomic E-state index is 13.3. The second kappa shape index (κ2) is 6.08. The van der Waals surface area contributed by atoms with Crippen LogP contribution in [0.1, 0.15) is 19.4 Å². The minimum Gasteiger partial charge on any atom is -0.349 e. The summed E-state index contributed by atoms with van der Waals surface area (Å²) in [6, 6.07) is 15.8. The highest BCUT2D eigenvalue weighted by Gasteiger charge is 2.18. The van der Waals surface area contributed by atoms with Gasteiger partial charge in [0, 0.05) is 16.2 Å².